The second-order valence-electron chi connectivity index (χ2n) is 7.72. The van der Waals surface area contributed by atoms with Gasteiger partial charge in [0, 0.05) is 15.6 Å². The Bertz CT molecular complexity index is 1440. The molecule has 12 heteroatoms. The molecule has 6 nitrogen and oxygen atoms in total. The smallest absolute Gasteiger partial charge is 0.416 e. The van der Waals surface area contributed by atoms with Crippen molar-refractivity contribution in [2.45, 2.75) is 12.8 Å². The molecule has 0 aromatic heterocycles. The van der Waals surface area contributed by atoms with E-state index in [9.17, 15) is 27.6 Å². The zero-order valence-electron chi connectivity index (χ0n) is 18.4. The van der Waals surface area contributed by atoms with Gasteiger partial charge in [-0.15, -0.1) is 0 Å². The molecule has 4 amide bonds. The molecule has 37 heavy (non-hydrogen) atoms. The SMILES string of the molecule is O=C1NC(=O)N(c2cc(C(F)(F)F)ccc2Cl)C(=O)/C1=C\c1cc(Cl)ccc1OCc1ccc(Cl)cc1. The second kappa shape index (κ2) is 10.5. The van der Waals surface area contributed by atoms with Crippen molar-refractivity contribution >= 4 is 64.4 Å². The predicted molar refractivity (Wildman–Crippen MR) is 133 cm³/mol. The van der Waals surface area contributed by atoms with Crippen LogP contribution in [0.1, 0.15) is 16.7 Å². The number of rotatable bonds is 5. The van der Waals surface area contributed by atoms with Crippen molar-refractivity contribution < 1.29 is 32.3 Å². The molecule has 1 saturated heterocycles. The van der Waals surface area contributed by atoms with E-state index in [1.807, 2.05) is 5.32 Å². The van der Waals surface area contributed by atoms with Gasteiger partial charge in [-0.3, -0.25) is 14.9 Å². The van der Waals surface area contributed by atoms with Crippen LogP contribution >= 0.6 is 34.8 Å². The average Bonchev–Trinajstić information content (AvgIpc) is 2.82. The number of imide groups is 2. The Balaban J connectivity index is 1.71. The fourth-order valence-corrected chi connectivity index (χ4v) is 3.91. The van der Waals surface area contributed by atoms with Gasteiger partial charge in [-0.25, -0.2) is 9.69 Å². The quantitative estimate of drug-likeness (QED) is 0.268. The van der Waals surface area contributed by atoms with Crippen LogP contribution in [-0.4, -0.2) is 17.8 Å². The summed E-state index contributed by atoms with van der Waals surface area (Å²) in [6, 6.07) is 12.2. The lowest BCUT2D eigenvalue weighted by atomic mass is 10.1. The first-order valence-electron chi connectivity index (χ1n) is 10.4. The zero-order valence-corrected chi connectivity index (χ0v) is 20.7. The van der Waals surface area contributed by atoms with E-state index in [0.29, 0.717) is 22.1 Å². The highest BCUT2D eigenvalue weighted by Crippen LogP contribution is 2.37. The highest BCUT2D eigenvalue weighted by Gasteiger charge is 2.39. The lowest BCUT2D eigenvalue weighted by molar-refractivity contribution is -0.137. The van der Waals surface area contributed by atoms with Crippen LogP contribution in [0.3, 0.4) is 0 Å². The number of nitrogens with one attached hydrogen (secondary N) is 1. The van der Waals surface area contributed by atoms with E-state index in [1.54, 1.807) is 24.3 Å². The van der Waals surface area contributed by atoms with Gasteiger partial charge in [0.1, 0.15) is 17.9 Å². The minimum Gasteiger partial charge on any atom is -0.488 e. The minimum absolute atomic E-state index is 0.111. The van der Waals surface area contributed by atoms with Gasteiger partial charge in [0.05, 0.1) is 16.3 Å². The van der Waals surface area contributed by atoms with Crippen molar-refractivity contribution in [2.75, 3.05) is 4.90 Å². The number of hydrogen-bond acceptors (Lipinski definition) is 4. The Hall–Kier alpha value is -3.53. The van der Waals surface area contributed by atoms with E-state index >= 15 is 0 Å². The summed E-state index contributed by atoms with van der Waals surface area (Å²) in [5.41, 5.74) is -1.23. The van der Waals surface area contributed by atoms with Crippen molar-refractivity contribution in [1.82, 2.24) is 5.32 Å². The Morgan fingerprint density at radius 3 is 2.24 bits per heavy atom. The molecular weight excluding hydrogens is 556 g/mol. The lowest BCUT2D eigenvalue weighted by Gasteiger charge is -2.27. The van der Waals surface area contributed by atoms with Gasteiger partial charge < -0.3 is 4.74 Å². The monoisotopic (exact) mass is 568 g/mol. The second-order valence-corrected chi connectivity index (χ2v) is 9.00. The molecule has 1 N–H and O–H groups in total. The predicted octanol–water partition coefficient (Wildman–Crippen LogP) is 6.91. The van der Waals surface area contributed by atoms with E-state index in [0.717, 1.165) is 17.7 Å². The van der Waals surface area contributed by atoms with Crippen molar-refractivity contribution in [1.29, 1.82) is 0 Å². The number of benzene rings is 3. The highest BCUT2D eigenvalue weighted by molar-refractivity contribution is 6.42. The molecule has 0 spiro atoms. The molecule has 1 heterocycles. The third-order valence-electron chi connectivity index (χ3n) is 5.20. The minimum atomic E-state index is -4.76. The van der Waals surface area contributed by atoms with E-state index in [1.165, 1.54) is 18.2 Å². The van der Waals surface area contributed by atoms with Crippen LogP contribution in [-0.2, 0) is 22.4 Å². The summed E-state index contributed by atoms with van der Waals surface area (Å²) in [6.07, 6.45) is -3.64. The molecule has 0 unspecified atom stereocenters. The number of halogens is 6. The summed E-state index contributed by atoms with van der Waals surface area (Å²) in [5.74, 6) is -2.00. The Kier molecular flexibility index (Phi) is 7.49. The van der Waals surface area contributed by atoms with Gasteiger partial charge in [-0.05, 0) is 60.2 Å². The molecule has 0 atom stereocenters. The van der Waals surface area contributed by atoms with Crippen molar-refractivity contribution in [3.8, 4) is 5.75 Å². The summed E-state index contributed by atoms with van der Waals surface area (Å²) < 4.78 is 45.5. The van der Waals surface area contributed by atoms with Crippen LogP contribution in [0.5, 0.6) is 5.75 Å². The molecule has 3 aromatic rings. The van der Waals surface area contributed by atoms with Gasteiger partial charge in [0.2, 0.25) is 0 Å². The molecular formula is C25H14Cl3F3N2O4. The zero-order chi connectivity index (χ0) is 26.9. The molecule has 4 rings (SSSR count). The number of anilines is 1. The van der Waals surface area contributed by atoms with E-state index in [4.69, 9.17) is 39.5 Å². The number of nitrogens with zero attached hydrogens (tertiary/aromatic N) is 1. The Morgan fingerprint density at radius 1 is 0.892 bits per heavy atom. The van der Waals surface area contributed by atoms with E-state index in [-0.39, 0.29) is 28.0 Å². The maximum Gasteiger partial charge on any atom is 0.416 e. The number of hydrogen-bond donors (Lipinski definition) is 1. The van der Waals surface area contributed by atoms with Gasteiger partial charge in [-0.2, -0.15) is 13.2 Å². The Labute approximate surface area is 223 Å². The average molecular weight is 570 g/mol. The van der Waals surface area contributed by atoms with Crippen LogP contribution in [0.15, 0.2) is 66.2 Å². The molecule has 0 saturated carbocycles. The fraction of sp³-hybridized carbons (Fsp3) is 0.0800. The highest BCUT2D eigenvalue weighted by atomic mass is 35.5. The summed E-state index contributed by atoms with van der Waals surface area (Å²) in [6.45, 7) is 0.111. The summed E-state index contributed by atoms with van der Waals surface area (Å²) in [7, 11) is 0. The van der Waals surface area contributed by atoms with Crippen molar-refractivity contribution in [3.05, 3.63) is 98.0 Å². The van der Waals surface area contributed by atoms with Gasteiger partial charge in [0.15, 0.2) is 0 Å². The molecule has 0 aliphatic carbocycles. The Morgan fingerprint density at radius 2 is 1.57 bits per heavy atom. The molecule has 0 bridgehead atoms. The molecule has 1 fully saturated rings. The number of ether oxygens (including phenoxy) is 1. The summed E-state index contributed by atoms with van der Waals surface area (Å²) >= 11 is 18.0. The third kappa shape index (κ3) is 5.90. The van der Waals surface area contributed by atoms with Crippen LogP contribution < -0.4 is 15.0 Å². The molecule has 3 aromatic carbocycles. The number of carbonyl (C=O) groups excluding carboxylic acids is 3. The standard InChI is InChI=1S/C25H14Cl3F3N2O4/c26-16-4-1-13(2-5-16)12-37-21-8-6-17(27)9-14(21)10-18-22(34)32-24(36)33(23(18)35)20-11-15(25(29,30)31)3-7-19(20)28/h1-11H,12H2,(H,32,34,36)/b18-10-. The molecule has 190 valence electrons. The number of barbiturate groups is 1. The number of carbonyl (C=O) groups is 3. The maximum absolute atomic E-state index is 13.2. The summed E-state index contributed by atoms with van der Waals surface area (Å²) in [4.78, 5) is 38.6. The van der Waals surface area contributed by atoms with Crippen LogP contribution in [0.2, 0.25) is 15.1 Å². The van der Waals surface area contributed by atoms with Crippen LogP contribution in [0, 0.1) is 0 Å². The third-order valence-corrected chi connectivity index (χ3v) is 6.00. The van der Waals surface area contributed by atoms with E-state index in [2.05, 4.69) is 0 Å². The number of alkyl halides is 3. The number of urea groups is 1. The van der Waals surface area contributed by atoms with Crippen LogP contribution in [0.4, 0.5) is 23.7 Å². The van der Waals surface area contributed by atoms with Gasteiger partial charge in [0.25, 0.3) is 11.8 Å². The molecule has 1 aliphatic heterocycles. The number of amides is 4. The van der Waals surface area contributed by atoms with Crippen molar-refractivity contribution in [3.63, 3.8) is 0 Å². The van der Waals surface area contributed by atoms with Crippen molar-refractivity contribution in [2.24, 2.45) is 0 Å². The van der Waals surface area contributed by atoms with Crippen LogP contribution in [0.25, 0.3) is 6.08 Å². The van der Waals surface area contributed by atoms with E-state index < -0.39 is 40.8 Å². The first kappa shape index (κ1) is 26.5. The first-order valence-corrected chi connectivity index (χ1v) is 11.5. The topological polar surface area (TPSA) is 75.7 Å². The normalized spacial score (nSPS) is 15.2. The summed E-state index contributed by atoms with van der Waals surface area (Å²) in [5, 5.41) is 2.44. The first-order chi connectivity index (χ1) is 17.4. The largest absolute Gasteiger partial charge is 0.488 e. The van der Waals surface area contributed by atoms with Gasteiger partial charge >= 0.3 is 12.2 Å². The maximum atomic E-state index is 13.2. The lowest BCUT2D eigenvalue weighted by Crippen LogP contribution is -2.54. The van der Waals surface area contributed by atoms with Gasteiger partial charge in [-0.1, -0.05) is 46.9 Å². The molecule has 0 radical (unpaired) electrons. The fourth-order valence-electron chi connectivity index (χ4n) is 3.40. The molecule has 1 aliphatic rings.